The van der Waals surface area contributed by atoms with Crippen LogP contribution in [0.1, 0.15) is 50.8 Å². The summed E-state index contributed by atoms with van der Waals surface area (Å²) in [6.07, 6.45) is 2.20. The first-order chi connectivity index (χ1) is 14.2. The molecular formula is C27H35NO. The Hall–Kier alpha value is -2.87. The normalized spacial score (nSPS) is 9.41. The summed E-state index contributed by atoms with van der Waals surface area (Å²) in [4.78, 5) is 14.2. The van der Waals surface area contributed by atoms with E-state index in [0.717, 1.165) is 18.5 Å². The minimum atomic E-state index is 0.139. The number of nitrogens with zero attached hydrogens (tertiary/aromatic N) is 1. The van der Waals surface area contributed by atoms with Gasteiger partial charge in [-0.2, -0.15) is 0 Å². The van der Waals surface area contributed by atoms with Gasteiger partial charge in [-0.15, -0.1) is 0 Å². The third kappa shape index (κ3) is 8.35. The molecule has 0 bridgehead atoms. The van der Waals surface area contributed by atoms with Gasteiger partial charge in [-0.25, -0.2) is 0 Å². The second-order valence-electron chi connectivity index (χ2n) is 6.27. The van der Waals surface area contributed by atoms with Gasteiger partial charge < -0.3 is 4.90 Å². The van der Waals surface area contributed by atoms with E-state index in [2.05, 4.69) is 48.5 Å². The van der Waals surface area contributed by atoms with Gasteiger partial charge in [0.2, 0.25) is 5.91 Å². The Morgan fingerprint density at radius 1 is 0.655 bits per heavy atom. The summed E-state index contributed by atoms with van der Waals surface area (Å²) in [6.45, 7) is 8.00. The number of carbonyl (C=O) groups excluding carboxylic acids is 1. The van der Waals surface area contributed by atoms with Gasteiger partial charge in [-0.05, 0) is 41.7 Å². The van der Waals surface area contributed by atoms with E-state index in [4.69, 9.17) is 0 Å². The van der Waals surface area contributed by atoms with Gasteiger partial charge in [0.25, 0.3) is 0 Å². The van der Waals surface area contributed by atoms with Gasteiger partial charge in [0.05, 0.1) is 0 Å². The maximum atomic E-state index is 12.4. The highest BCUT2D eigenvalue weighted by atomic mass is 16.2. The number of amides is 1. The van der Waals surface area contributed by atoms with Crippen LogP contribution in [0.5, 0.6) is 0 Å². The molecule has 0 aliphatic rings. The van der Waals surface area contributed by atoms with Crippen molar-refractivity contribution in [1.82, 2.24) is 0 Å². The molecule has 0 saturated heterocycles. The van der Waals surface area contributed by atoms with E-state index in [-0.39, 0.29) is 5.91 Å². The van der Waals surface area contributed by atoms with E-state index in [1.165, 1.54) is 16.7 Å². The zero-order valence-electron chi connectivity index (χ0n) is 18.6. The number of benzene rings is 3. The van der Waals surface area contributed by atoms with Crippen LogP contribution in [0.2, 0.25) is 0 Å². The molecule has 0 radical (unpaired) electrons. The highest BCUT2D eigenvalue weighted by molar-refractivity contribution is 5.92. The average Bonchev–Trinajstić information content (AvgIpc) is 2.81. The minimum Gasteiger partial charge on any atom is -0.315 e. The van der Waals surface area contributed by atoms with Crippen LogP contribution in [0, 0.1) is 0 Å². The second kappa shape index (κ2) is 14.2. The van der Waals surface area contributed by atoms with Gasteiger partial charge in [0, 0.05) is 19.2 Å². The van der Waals surface area contributed by atoms with Gasteiger partial charge in [0.1, 0.15) is 0 Å². The third-order valence-corrected chi connectivity index (χ3v) is 4.42. The van der Waals surface area contributed by atoms with E-state index >= 15 is 0 Å². The van der Waals surface area contributed by atoms with Crippen LogP contribution in [0.25, 0.3) is 0 Å². The zero-order valence-corrected chi connectivity index (χ0v) is 18.6. The SMILES string of the molecule is CC.CC.CN(C(=O)CCc1ccccc1)c1ccc(Cc2ccccc2)cc1. The molecule has 0 aromatic heterocycles. The van der Waals surface area contributed by atoms with E-state index in [1.54, 1.807) is 4.90 Å². The topological polar surface area (TPSA) is 20.3 Å². The minimum absolute atomic E-state index is 0.139. The number of aryl methyl sites for hydroxylation is 1. The van der Waals surface area contributed by atoms with Crippen molar-refractivity contribution in [3.63, 3.8) is 0 Å². The molecule has 3 aromatic carbocycles. The molecule has 29 heavy (non-hydrogen) atoms. The Morgan fingerprint density at radius 3 is 1.62 bits per heavy atom. The lowest BCUT2D eigenvalue weighted by atomic mass is 10.0. The van der Waals surface area contributed by atoms with Crippen molar-refractivity contribution in [3.8, 4) is 0 Å². The van der Waals surface area contributed by atoms with Crippen molar-refractivity contribution in [3.05, 3.63) is 102 Å². The third-order valence-electron chi connectivity index (χ3n) is 4.42. The summed E-state index contributed by atoms with van der Waals surface area (Å²) in [7, 11) is 1.85. The lowest BCUT2D eigenvalue weighted by Crippen LogP contribution is -2.26. The molecule has 0 unspecified atom stereocenters. The van der Waals surface area contributed by atoms with Crippen LogP contribution in [0.15, 0.2) is 84.9 Å². The van der Waals surface area contributed by atoms with Crippen molar-refractivity contribution in [2.75, 3.05) is 11.9 Å². The highest BCUT2D eigenvalue weighted by Gasteiger charge is 2.11. The van der Waals surface area contributed by atoms with Crippen molar-refractivity contribution >= 4 is 11.6 Å². The van der Waals surface area contributed by atoms with Crippen LogP contribution in [0.4, 0.5) is 5.69 Å². The van der Waals surface area contributed by atoms with Crippen LogP contribution >= 0.6 is 0 Å². The lowest BCUT2D eigenvalue weighted by molar-refractivity contribution is -0.118. The fourth-order valence-electron chi connectivity index (χ4n) is 2.88. The molecule has 0 saturated carbocycles. The fraction of sp³-hybridized carbons (Fsp3) is 0.296. The summed E-state index contributed by atoms with van der Waals surface area (Å²) in [6, 6.07) is 28.8. The molecule has 0 fully saturated rings. The summed E-state index contributed by atoms with van der Waals surface area (Å²) >= 11 is 0. The number of anilines is 1. The quantitative estimate of drug-likeness (QED) is 0.448. The number of carbonyl (C=O) groups is 1. The molecule has 0 N–H and O–H groups in total. The van der Waals surface area contributed by atoms with E-state index in [0.29, 0.717) is 6.42 Å². The molecule has 3 rings (SSSR count). The van der Waals surface area contributed by atoms with Crippen molar-refractivity contribution in [1.29, 1.82) is 0 Å². The maximum Gasteiger partial charge on any atom is 0.227 e. The molecule has 0 aliphatic carbocycles. The monoisotopic (exact) mass is 389 g/mol. The predicted octanol–water partition coefficient (Wildman–Crippen LogP) is 6.93. The Kier molecular flexibility index (Phi) is 11.8. The maximum absolute atomic E-state index is 12.4. The number of hydrogen-bond acceptors (Lipinski definition) is 1. The van der Waals surface area contributed by atoms with E-state index in [1.807, 2.05) is 71.1 Å². The molecular weight excluding hydrogens is 354 g/mol. The number of hydrogen-bond donors (Lipinski definition) is 0. The largest absolute Gasteiger partial charge is 0.315 e. The van der Waals surface area contributed by atoms with Gasteiger partial charge in [-0.1, -0.05) is 100 Å². The van der Waals surface area contributed by atoms with Crippen molar-refractivity contribution < 1.29 is 4.79 Å². The first-order valence-corrected chi connectivity index (χ1v) is 10.7. The fourth-order valence-corrected chi connectivity index (χ4v) is 2.88. The predicted molar refractivity (Wildman–Crippen MR) is 127 cm³/mol. The first kappa shape index (κ1) is 24.2. The molecule has 3 aromatic rings. The van der Waals surface area contributed by atoms with Crippen LogP contribution in [-0.4, -0.2) is 13.0 Å². The summed E-state index contributed by atoms with van der Waals surface area (Å²) in [5.41, 5.74) is 4.68. The van der Waals surface area contributed by atoms with Crippen LogP contribution < -0.4 is 4.90 Å². The van der Waals surface area contributed by atoms with Gasteiger partial charge >= 0.3 is 0 Å². The van der Waals surface area contributed by atoms with E-state index in [9.17, 15) is 4.79 Å². The molecule has 2 heteroatoms. The summed E-state index contributed by atoms with van der Waals surface area (Å²) < 4.78 is 0. The molecule has 2 nitrogen and oxygen atoms in total. The van der Waals surface area contributed by atoms with Gasteiger partial charge in [-0.3, -0.25) is 4.79 Å². The molecule has 154 valence electrons. The van der Waals surface area contributed by atoms with Crippen molar-refractivity contribution in [2.45, 2.75) is 47.0 Å². The lowest BCUT2D eigenvalue weighted by Gasteiger charge is -2.18. The first-order valence-electron chi connectivity index (χ1n) is 10.7. The molecule has 0 heterocycles. The molecule has 1 amide bonds. The summed E-state index contributed by atoms with van der Waals surface area (Å²) in [5.74, 6) is 0.139. The Bertz CT molecular complexity index is 795. The van der Waals surface area contributed by atoms with Gasteiger partial charge in [0.15, 0.2) is 0 Å². The number of rotatable bonds is 6. The van der Waals surface area contributed by atoms with Crippen LogP contribution in [0.3, 0.4) is 0 Å². The molecule has 0 spiro atoms. The highest BCUT2D eigenvalue weighted by Crippen LogP contribution is 2.17. The standard InChI is InChI=1S/C23H23NO.2C2H6/c1-24(23(25)17-14-19-8-4-2-5-9-19)22-15-12-21(13-16-22)18-20-10-6-3-7-11-20;2*1-2/h2-13,15-16H,14,17-18H2,1H3;2*1-2H3. The summed E-state index contributed by atoms with van der Waals surface area (Å²) in [5, 5.41) is 0. The average molecular weight is 390 g/mol. The van der Waals surface area contributed by atoms with E-state index < -0.39 is 0 Å². The molecule has 0 atom stereocenters. The van der Waals surface area contributed by atoms with Crippen LogP contribution in [-0.2, 0) is 17.6 Å². The Labute approximate surface area is 177 Å². The Balaban J connectivity index is 0.000000989. The Morgan fingerprint density at radius 2 is 1.10 bits per heavy atom. The van der Waals surface area contributed by atoms with Crippen molar-refractivity contribution in [2.24, 2.45) is 0 Å². The zero-order chi connectivity index (χ0) is 21.5. The second-order valence-corrected chi connectivity index (χ2v) is 6.27. The smallest absolute Gasteiger partial charge is 0.227 e. The molecule has 0 aliphatic heterocycles.